The van der Waals surface area contributed by atoms with Gasteiger partial charge in [-0.2, -0.15) is 51.0 Å². The number of rotatable bonds is 4. The molecule has 0 rings (SSSR count). The lowest BCUT2D eigenvalue weighted by molar-refractivity contribution is -0.362. The summed E-state index contributed by atoms with van der Waals surface area (Å²) in [5.74, 6) is 0. The number of hydrogen-bond donors (Lipinski definition) is 0. The van der Waals surface area contributed by atoms with Gasteiger partial charge in [-0.05, 0) is 71.1 Å². The number of ether oxygens (including phenoxy) is 1. The van der Waals surface area contributed by atoms with Crippen molar-refractivity contribution < 1.29 is 144 Å². The van der Waals surface area contributed by atoms with Crippen molar-refractivity contribution in [2.45, 2.75) is 181 Å². The average Bonchev–Trinajstić information content (AvgIpc) is 3.08. The van der Waals surface area contributed by atoms with Crippen LogP contribution in [0, 0.1) is 0 Å². The maximum Gasteiger partial charge on any atom is 0.523 e. The van der Waals surface area contributed by atoms with Gasteiger partial charge in [-0.3, -0.25) is 17.9 Å². The predicted molar refractivity (Wildman–Crippen MR) is 247 cm³/mol. The van der Waals surface area contributed by atoms with Crippen molar-refractivity contribution in [3.05, 3.63) is 0 Å². The van der Waals surface area contributed by atoms with Crippen molar-refractivity contribution in [3.8, 4) is 0 Å². The molecule has 0 aliphatic carbocycles. The van der Waals surface area contributed by atoms with E-state index in [1.54, 1.807) is 0 Å². The molecule has 0 bridgehead atoms. The first-order valence-electron chi connectivity index (χ1n) is 14.2. The Morgan fingerprint density at radius 2 is 0.423 bits per heavy atom. The summed E-state index contributed by atoms with van der Waals surface area (Å²) in [6.07, 6.45) is -14.1. The Morgan fingerprint density at radius 1 is 0.310 bits per heavy atom. The van der Waals surface area contributed by atoms with Crippen molar-refractivity contribution in [3.63, 3.8) is 0 Å². The molecule has 0 amide bonds. The summed E-state index contributed by atoms with van der Waals surface area (Å²) in [5, 5.41) is 0. The van der Waals surface area contributed by atoms with Gasteiger partial charge in [0.15, 0.2) is 6.67 Å². The van der Waals surface area contributed by atoms with E-state index in [4.69, 9.17) is 0 Å². The molecule has 71 heavy (non-hydrogen) atoms. The van der Waals surface area contributed by atoms with E-state index < -0.39 is 77.1 Å². The fourth-order valence-corrected chi connectivity index (χ4v) is 0.361. The summed E-state index contributed by atoms with van der Waals surface area (Å²) in [5.41, 5.74) is -3.02. The van der Waals surface area contributed by atoms with Crippen LogP contribution in [-0.2, 0) is 29.4 Å². The summed E-state index contributed by atoms with van der Waals surface area (Å²) in [4.78, 5) is 14.2. The summed E-state index contributed by atoms with van der Waals surface area (Å²) in [6, 6.07) is 0. The summed E-state index contributed by atoms with van der Waals surface area (Å²) in [7, 11) is 3.83. The van der Waals surface area contributed by atoms with Gasteiger partial charge in [0.25, 0.3) is 0 Å². The molecule has 0 aliphatic rings. The van der Waals surface area contributed by atoms with E-state index in [0.717, 1.165) is 49.2 Å². The number of alkyl halides is 21. The molecule has 0 radical (unpaired) electrons. The summed E-state index contributed by atoms with van der Waals surface area (Å²) < 4.78 is 273. The van der Waals surface area contributed by atoms with Crippen molar-refractivity contribution in [2.75, 3.05) is 89.3 Å². The van der Waals surface area contributed by atoms with Gasteiger partial charge in [-0.15, -0.1) is 13.2 Å². The Labute approximate surface area is 414 Å². The molecule has 0 aromatic heterocycles. The van der Waals surface area contributed by atoms with E-state index in [1.807, 2.05) is 0 Å². The predicted octanol–water partition coefficient (Wildman–Crippen LogP) is 22.7. The lowest BCUT2D eigenvalue weighted by Gasteiger charge is -2.22. The highest BCUT2D eigenvalue weighted by atomic mass is 19.4. The Morgan fingerprint density at radius 3 is 0.437 bits per heavy atom. The SMILES string of the molecule is C.C.C.C.C.C.C.C.C.C.C.C.CC(C)(CF)OC(F)(F)F.CC(C)(CF)OF.CCC(F)(F)F.CCF.CCF.CCF.COF.COF.COF.COF.FCC(F)(F)F.FCF.FCF.FCF. The van der Waals surface area contributed by atoms with E-state index in [2.05, 4.69) is 29.4 Å². The summed E-state index contributed by atoms with van der Waals surface area (Å²) >= 11 is 0. The second-order valence-electron chi connectivity index (χ2n) is 7.85. The lowest BCUT2D eigenvalue weighted by atomic mass is 10.2. The van der Waals surface area contributed by atoms with Crippen LogP contribution in [-0.4, -0.2) is 119 Å². The average molecular weight is 1160 g/mol. The normalized spacial score (nSPS) is 7.69. The van der Waals surface area contributed by atoms with Gasteiger partial charge in [0.05, 0.1) is 48.5 Å². The Hall–Kier alpha value is -2.06. The molecule has 6 nitrogen and oxygen atoms in total. The van der Waals surface area contributed by atoms with Crippen molar-refractivity contribution in [1.82, 2.24) is 0 Å². The minimum atomic E-state index is -4.75. The Kier molecular flexibility index (Phi) is 383. The highest BCUT2D eigenvalue weighted by molar-refractivity contribution is 4.66. The molecule has 0 aliphatic heterocycles. The standard InChI is InChI=1S/C5H8F4O.C4H8F2O.C3H5F3.C2H2F4.3C2H5F.3CH2F2.4CH3FO.12CH4/c1-4(2,3-6)10-5(7,8)9;1-4(2,3-5)7-6;1-2-3(4,5)6;3-1-2(4,5)6;3*1-2-3;3*2-1-3;4*1-3-2;;;;;;;;;;;;/h3H2,1-2H3;3H2,1-2H3;2H2,1H3;1H2;3*2H2,1H3;3*1H2;4*1H3;12*1H4. The van der Waals surface area contributed by atoms with Crippen molar-refractivity contribution >= 4 is 0 Å². The van der Waals surface area contributed by atoms with Crippen LogP contribution < -0.4 is 0 Å². The van der Waals surface area contributed by atoms with Crippen LogP contribution in [0.3, 0.4) is 0 Å². The molecule has 32 heteroatoms. The Bertz CT molecular complexity index is 511. The van der Waals surface area contributed by atoms with Gasteiger partial charge in [0, 0.05) is 6.42 Å². The van der Waals surface area contributed by atoms with Crippen LogP contribution in [0.25, 0.3) is 0 Å². The molecule has 0 spiro atoms. The molecule has 478 valence electrons. The second kappa shape index (κ2) is 158. The van der Waals surface area contributed by atoms with E-state index in [0.29, 0.717) is 0 Å². The molecule has 0 saturated heterocycles. The quantitative estimate of drug-likeness (QED) is 0.262. The van der Waals surface area contributed by atoms with Crippen LogP contribution in [0.1, 0.15) is 151 Å². The zero-order valence-corrected chi connectivity index (χ0v) is 33.8. The van der Waals surface area contributed by atoms with E-state index >= 15 is 0 Å². The van der Waals surface area contributed by atoms with Gasteiger partial charge in [0.1, 0.15) is 24.6 Å². The minimum absolute atomic E-state index is 0. The highest BCUT2D eigenvalue weighted by Crippen LogP contribution is 2.25. The zero-order chi connectivity index (χ0) is 51.8. The van der Waals surface area contributed by atoms with Crippen molar-refractivity contribution in [1.29, 1.82) is 0 Å². The first kappa shape index (κ1) is 173. The molecule has 0 N–H and O–H groups in total. The lowest BCUT2D eigenvalue weighted by Crippen LogP contribution is -2.34. The number of halogens is 26. The molecule has 0 atom stereocenters. The van der Waals surface area contributed by atoms with Gasteiger partial charge in [-0.25, -0.2) is 39.5 Å². The van der Waals surface area contributed by atoms with E-state index in [1.165, 1.54) is 34.6 Å². The third-order valence-corrected chi connectivity index (χ3v) is 1.80. The molecular formula is C39H104F26O6. The van der Waals surface area contributed by atoms with Crippen LogP contribution in [0.5, 0.6) is 0 Å². The van der Waals surface area contributed by atoms with Crippen LogP contribution in [0.2, 0.25) is 0 Å². The van der Waals surface area contributed by atoms with Crippen molar-refractivity contribution in [2.24, 2.45) is 0 Å². The summed E-state index contributed by atoms with van der Waals surface area (Å²) in [6.45, 7) is -0.0238. The third kappa shape index (κ3) is 823. The van der Waals surface area contributed by atoms with Gasteiger partial charge in [-0.1, -0.05) is 96.0 Å². The molecule has 0 aromatic rings. The topological polar surface area (TPSA) is 55.4 Å². The molecule has 0 aromatic carbocycles. The monoisotopic (exact) mass is 1160 g/mol. The van der Waals surface area contributed by atoms with Gasteiger partial charge < -0.3 is 0 Å². The van der Waals surface area contributed by atoms with Crippen LogP contribution in [0.15, 0.2) is 0 Å². The molecule has 0 fully saturated rings. The van der Waals surface area contributed by atoms with E-state index in [-0.39, 0.29) is 109 Å². The number of hydrogen-bond acceptors (Lipinski definition) is 6. The zero-order valence-electron chi connectivity index (χ0n) is 33.8. The molecular weight excluding hydrogens is 1060 g/mol. The highest BCUT2D eigenvalue weighted by Gasteiger charge is 2.37. The molecule has 0 unspecified atom stereocenters. The maximum absolute atomic E-state index is 11.7. The van der Waals surface area contributed by atoms with Crippen LogP contribution in [0.4, 0.5) is 115 Å². The van der Waals surface area contributed by atoms with Gasteiger partial charge >= 0.3 is 18.7 Å². The maximum atomic E-state index is 11.7. The Balaban J connectivity index is -0.0000000129. The molecule has 0 saturated carbocycles. The van der Waals surface area contributed by atoms with E-state index in [9.17, 15) is 115 Å². The van der Waals surface area contributed by atoms with Crippen LogP contribution >= 0.6 is 0 Å². The molecule has 0 heterocycles. The second-order valence-corrected chi connectivity index (χ2v) is 7.85. The van der Waals surface area contributed by atoms with Gasteiger partial charge in [0.2, 0.25) is 20.8 Å². The minimum Gasteiger partial charge on any atom is -0.283 e. The fraction of sp³-hybridized carbons (Fsp3) is 1.00. The third-order valence-electron chi connectivity index (χ3n) is 1.80. The fourth-order valence-electron chi connectivity index (χ4n) is 0.361. The smallest absolute Gasteiger partial charge is 0.283 e. The largest absolute Gasteiger partial charge is 0.523 e. The first-order chi connectivity index (χ1) is 26.7. The first-order valence-corrected chi connectivity index (χ1v) is 14.2.